The van der Waals surface area contributed by atoms with Crippen LogP contribution in [0.2, 0.25) is 0 Å². The normalized spacial score (nSPS) is 26.3. The van der Waals surface area contributed by atoms with Gasteiger partial charge in [-0.25, -0.2) is 0 Å². The van der Waals surface area contributed by atoms with Crippen molar-refractivity contribution in [2.75, 3.05) is 0 Å². The number of carbonyl (C=O) groups excluding carboxylic acids is 1. The van der Waals surface area contributed by atoms with Crippen LogP contribution in [0.5, 0.6) is 0 Å². The van der Waals surface area contributed by atoms with Crippen molar-refractivity contribution in [1.29, 1.82) is 0 Å². The van der Waals surface area contributed by atoms with Crippen LogP contribution in [-0.2, 0) is 4.79 Å². The number of allylic oxidation sites excluding steroid dienone is 4. The van der Waals surface area contributed by atoms with Gasteiger partial charge in [-0.3, -0.25) is 0 Å². The van der Waals surface area contributed by atoms with Gasteiger partial charge in [0.05, 0.1) is 0 Å². The number of hydrogen-bond donors (Lipinski definition) is 0. The van der Waals surface area contributed by atoms with Crippen LogP contribution in [0, 0.1) is 11.8 Å². The Labute approximate surface area is 61.4 Å². The molecule has 2 unspecified atom stereocenters. The lowest BCUT2D eigenvalue weighted by molar-refractivity contribution is -0.111. The van der Waals surface area contributed by atoms with Crippen molar-refractivity contribution in [1.82, 2.24) is 0 Å². The Morgan fingerprint density at radius 2 is 2.40 bits per heavy atom. The van der Waals surface area contributed by atoms with E-state index in [1.54, 1.807) is 0 Å². The minimum Gasteiger partial charge on any atom is -0.303 e. The molecule has 0 aromatic rings. The molecule has 1 rings (SSSR count). The molecule has 1 nitrogen and oxygen atoms in total. The largest absolute Gasteiger partial charge is 0.303 e. The second-order valence-electron chi connectivity index (χ2n) is 2.71. The molecule has 0 fully saturated rings. The molecule has 1 heteroatoms. The average molecular weight is 136 g/mol. The van der Waals surface area contributed by atoms with Gasteiger partial charge in [0.1, 0.15) is 6.29 Å². The Hall–Kier alpha value is -0.850. The fraction of sp³-hybridized carbons (Fsp3) is 0.444. The van der Waals surface area contributed by atoms with E-state index in [1.807, 2.05) is 19.1 Å². The van der Waals surface area contributed by atoms with E-state index in [4.69, 9.17) is 0 Å². The molecule has 2 atom stereocenters. The highest BCUT2D eigenvalue weighted by Crippen LogP contribution is 2.18. The summed E-state index contributed by atoms with van der Waals surface area (Å²) in [7, 11) is 0. The van der Waals surface area contributed by atoms with Gasteiger partial charge >= 0.3 is 0 Å². The Bertz CT molecular complexity index is 168. The zero-order valence-electron chi connectivity index (χ0n) is 6.16. The molecule has 0 N–H and O–H groups in total. The smallest absolute Gasteiger partial charge is 0.123 e. The van der Waals surface area contributed by atoms with Crippen molar-refractivity contribution in [2.24, 2.45) is 11.8 Å². The van der Waals surface area contributed by atoms with E-state index in [2.05, 4.69) is 12.2 Å². The summed E-state index contributed by atoms with van der Waals surface area (Å²) in [4.78, 5) is 10.3. The zero-order chi connectivity index (χ0) is 7.40. The molecule has 0 aliphatic heterocycles. The van der Waals surface area contributed by atoms with Crippen molar-refractivity contribution in [3.63, 3.8) is 0 Å². The number of aldehydes is 1. The van der Waals surface area contributed by atoms with Gasteiger partial charge in [-0.15, -0.1) is 0 Å². The number of rotatable bonds is 2. The summed E-state index contributed by atoms with van der Waals surface area (Å²) in [6, 6.07) is 0. The third-order valence-electron chi connectivity index (χ3n) is 1.90. The average Bonchev–Trinajstić information content (AvgIpc) is 2.05. The van der Waals surface area contributed by atoms with Crippen LogP contribution >= 0.6 is 0 Å². The van der Waals surface area contributed by atoms with Crippen LogP contribution in [-0.4, -0.2) is 6.29 Å². The standard InChI is InChI=1S/C9H12O/c1-8(7-10)9-5-3-2-4-6-9/h2-5,7-9H,6H2,1H3. The highest BCUT2D eigenvalue weighted by atomic mass is 16.1. The molecule has 0 radical (unpaired) electrons. The van der Waals surface area contributed by atoms with Gasteiger partial charge in [-0.05, 0) is 12.3 Å². The van der Waals surface area contributed by atoms with Crippen molar-refractivity contribution in [2.45, 2.75) is 13.3 Å². The maximum Gasteiger partial charge on any atom is 0.123 e. The molecule has 1 aliphatic carbocycles. The minimum atomic E-state index is 0.168. The summed E-state index contributed by atoms with van der Waals surface area (Å²) in [6.07, 6.45) is 10.3. The van der Waals surface area contributed by atoms with E-state index in [1.165, 1.54) is 0 Å². The lowest BCUT2D eigenvalue weighted by atomic mass is 9.89. The lowest BCUT2D eigenvalue weighted by Crippen LogP contribution is -2.10. The van der Waals surface area contributed by atoms with E-state index < -0.39 is 0 Å². The highest BCUT2D eigenvalue weighted by Gasteiger charge is 2.12. The van der Waals surface area contributed by atoms with E-state index >= 15 is 0 Å². The first-order valence-electron chi connectivity index (χ1n) is 3.63. The molecular weight excluding hydrogens is 124 g/mol. The van der Waals surface area contributed by atoms with Crippen LogP contribution < -0.4 is 0 Å². The quantitative estimate of drug-likeness (QED) is 0.530. The van der Waals surface area contributed by atoms with Crippen molar-refractivity contribution in [3.05, 3.63) is 24.3 Å². The van der Waals surface area contributed by atoms with Crippen LogP contribution in [0.25, 0.3) is 0 Å². The molecule has 0 aromatic heterocycles. The fourth-order valence-electron chi connectivity index (χ4n) is 1.09. The Balaban J connectivity index is 2.50. The van der Waals surface area contributed by atoms with Crippen molar-refractivity contribution in [3.8, 4) is 0 Å². The van der Waals surface area contributed by atoms with Crippen molar-refractivity contribution >= 4 is 6.29 Å². The molecule has 54 valence electrons. The maximum absolute atomic E-state index is 10.3. The molecule has 1 aliphatic rings. The molecule has 0 heterocycles. The van der Waals surface area contributed by atoms with E-state index in [0.29, 0.717) is 5.92 Å². The first-order chi connectivity index (χ1) is 4.84. The molecule has 0 bridgehead atoms. The maximum atomic E-state index is 10.3. The third-order valence-corrected chi connectivity index (χ3v) is 1.90. The Morgan fingerprint density at radius 1 is 1.60 bits per heavy atom. The number of hydrogen-bond acceptors (Lipinski definition) is 1. The van der Waals surface area contributed by atoms with E-state index in [9.17, 15) is 4.79 Å². The second kappa shape index (κ2) is 3.35. The summed E-state index contributed by atoms with van der Waals surface area (Å²) in [6.45, 7) is 1.96. The van der Waals surface area contributed by atoms with Gasteiger partial charge in [0.25, 0.3) is 0 Å². The predicted molar refractivity (Wildman–Crippen MR) is 41.6 cm³/mol. The van der Waals surface area contributed by atoms with Gasteiger partial charge in [0.2, 0.25) is 0 Å². The van der Waals surface area contributed by atoms with Crippen LogP contribution in [0.15, 0.2) is 24.3 Å². The molecular formula is C9H12O. The topological polar surface area (TPSA) is 17.1 Å². The van der Waals surface area contributed by atoms with Crippen LogP contribution in [0.1, 0.15) is 13.3 Å². The minimum absolute atomic E-state index is 0.168. The SMILES string of the molecule is CC(C=O)C1C=CC=CC1. The first kappa shape index (κ1) is 7.26. The highest BCUT2D eigenvalue weighted by molar-refractivity contribution is 5.54. The number of carbonyl (C=O) groups is 1. The molecule has 0 saturated carbocycles. The Kier molecular flexibility index (Phi) is 2.43. The van der Waals surface area contributed by atoms with E-state index in [0.717, 1.165) is 12.7 Å². The van der Waals surface area contributed by atoms with Crippen LogP contribution in [0.4, 0.5) is 0 Å². The first-order valence-corrected chi connectivity index (χ1v) is 3.63. The van der Waals surface area contributed by atoms with Gasteiger partial charge in [-0.2, -0.15) is 0 Å². The lowest BCUT2D eigenvalue weighted by Gasteiger charge is -2.14. The van der Waals surface area contributed by atoms with Crippen LogP contribution in [0.3, 0.4) is 0 Å². The predicted octanol–water partition coefficient (Wildman–Crippen LogP) is 1.95. The van der Waals surface area contributed by atoms with Gasteiger partial charge < -0.3 is 4.79 Å². The molecule has 0 spiro atoms. The molecule has 10 heavy (non-hydrogen) atoms. The summed E-state index contributed by atoms with van der Waals surface area (Å²) in [5.74, 6) is 0.601. The van der Waals surface area contributed by atoms with E-state index in [-0.39, 0.29) is 5.92 Å². The zero-order valence-corrected chi connectivity index (χ0v) is 6.16. The second-order valence-corrected chi connectivity index (χ2v) is 2.71. The summed E-state index contributed by atoms with van der Waals surface area (Å²) >= 11 is 0. The summed E-state index contributed by atoms with van der Waals surface area (Å²) in [5.41, 5.74) is 0. The van der Waals surface area contributed by atoms with Gasteiger partial charge in [0, 0.05) is 5.92 Å². The molecule has 0 aromatic carbocycles. The fourth-order valence-corrected chi connectivity index (χ4v) is 1.09. The molecule has 0 saturated heterocycles. The van der Waals surface area contributed by atoms with Gasteiger partial charge in [0.15, 0.2) is 0 Å². The Morgan fingerprint density at radius 3 is 2.90 bits per heavy atom. The monoisotopic (exact) mass is 136 g/mol. The third kappa shape index (κ3) is 1.56. The molecule has 0 amide bonds. The van der Waals surface area contributed by atoms with Gasteiger partial charge in [-0.1, -0.05) is 31.2 Å². The van der Waals surface area contributed by atoms with Crippen molar-refractivity contribution < 1.29 is 4.79 Å². The summed E-state index contributed by atoms with van der Waals surface area (Å²) in [5, 5.41) is 0. The summed E-state index contributed by atoms with van der Waals surface area (Å²) < 4.78 is 0.